The van der Waals surface area contributed by atoms with Crippen molar-refractivity contribution in [3.8, 4) is 0 Å². The number of nitrogens with zero attached hydrogens (tertiary/aromatic N) is 1. The number of thiophene rings is 1. The van der Waals surface area contributed by atoms with Crippen LogP contribution < -0.4 is 15.4 Å². The van der Waals surface area contributed by atoms with Gasteiger partial charge in [0, 0.05) is 19.4 Å². The van der Waals surface area contributed by atoms with Gasteiger partial charge in [0.25, 0.3) is 11.0 Å². The van der Waals surface area contributed by atoms with E-state index in [1.54, 1.807) is 13.0 Å². The Bertz CT molecular complexity index is 1040. The van der Waals surface area contributed by atoms with Crippen molar-refractivity contribution in [1.82, 2.24) is 15.4 Å². The molecule has 0 aliphatic carbocycles. The summed E-state index contributed by atoms with van der Waals surface area (Å²) in [7, 11) is -3.46. The number of hydrogen-bond donors (Lipinski definition) is 3. The number of fused-ring (bicyclic) bond motifs is 1. The van der Waals surface area contributed by atoms with Crippen LogP contribution in [0.2, 0.25) is 0 Å². The van der Waals surface area contributed by atoms with Crippen LogP contribution in [0.15, 0.2) is 14.5 Å². The second-order valence-electron chi connectivity index (χ2n) is 7.67. The van der Waals surface area contributed by atoms with Gasteiger partial charge in [-0.2, -0.15) is 0 Å². The number of carbonyl (C=O) groups excluding carboxylic acids is 3. The third-order valence-electron chi connectivity index (χ3n) is 4.96. The maximum Gasteiger partial charge on any atom is 0.305 e. The van der Waals surface area contributed by atoms with Crippen LogP contribution >= 0.6 is 23.3 Å². The Balaban J connectivity index is 1.99. The summed E-state index contributed by atoms with van der Waals surface area (Å²) in [6.45, 7) is 4.76. The summed E-state index contributed by atoms with van der Waals surface area (Å²) >= 11 is 1.97. The fourth-order valence-corrected chi connectivity index (χ4v) is 7.78. The molecule has 3 N–H and O–H groups in total. The van der Waals surface area contributed by atoms with Crippen molar-refractivity contribution in [2.24, 2.45) is 0 Å². The molecule has 0 bridgehead atoms. The second-order valence-corrected chi connectivity index (χ2v) is 12.4. The van der Waals surface area contributed by atoms with Crippen LogP contribution in [-0.2, 0) is 33.8 Å². The molecule has 1 aromatic rings. The SMILES string of the molecule is CCN[C@H]1CC(C)S(=O)(=O)c2sc(SNC(=O)C(COC(=O)CCCO[N+](=O)[O-])NC(C)=O)cc21. The summed E-state index contributed by atoms with van der Waals surface area (Å²) in [5.74, 6) is -1.89. The molecular weight excluding hydrogens is 524 g/mol. The molecular formula is C19H28N4O9S3. The average molecular weight is 553 g/mol. The molecule has 0 fully saturated rings. The fourth-order valence-electron chi connectivity index (χ4n) is 3.29. The van der Waals surface area contributed by atoms with E-state index in [9.17, 15) is 32.9 Å². The minimum Gasteiger partial charge on any atom is -0.463 e. The lowest BCUT2D eigenvalue weighted by atomic mass is 10.1. The highest BCUT2D eigenvalue weighted by molar-refractivity contribution is 8.00. The van der Waals surface area contributed by atoms with E-state index in [-0.39, 0.29) is 29.7 Å². The van der Waals surface area contributed by atoms with Crippen molar-refractivity contribution in [2.75, 3.05) is 19.8 Å². The Morgan fingerprint density at radius 3 is 2.71 bits per heavy atom. The summed E-state index contributed by atoms with van der Waals surface area (Å²) in [6.07, 6.45) is 0.327. The number of carbonyl (C=O) groups is 3. The predicted octanol–water partition coefficient (Wildman–Crippen LogP) is 1.12. The maximum atomic E-state index is 12.8. The molecule has 16 heteroatoms. The van der Waals surface area contributed by atoms with E-state index in [4.69, 9.17) is 4.74 Å². The number of amides is 2. The lowest BCUT2D eigenvalue weighted by Crippen LogP contribution is -2.47. The molecule has 1 aliphatic rings. The number of ether oxygens (including phenoxy) is 1. The van der Waals surface area contributed by atoms with Gasteiger partial charge in [-0.15, -0.1) is 21.5 Å². The van der Waals surface area contributed by atoms with Gasteiger partial charge in [-0.1, -0.05) is 6.92 Å². The van der Waals surface area contributed by atoms with E-state index in [2.05, 4.69) is 20.2 Å². The Morgan fingerprint density at radius 2 is 2.09 bits per heavy atom. The molecule has 0 radical (unpaired) electrons. The summed E-state index contributed by atoms with van der Waals surface area (Å²) in [5, 5.41) is 14.3. The van der Waals surface area contributed by atoms with Crippen LogP contribution in [0.5, 0.6) is 0 Å². The van der Waals surface area contributed by atoms with Crippen LogP contribution in [0, 0.1) is 10.1 Å². The molecule has 2 rings (SSSR count). The van der Waals surface area contributed by atoms with Gasteiger partial charge in [-0.25, -0.2) is 8.42 Å². The molecule has 1 aliphatic heterocycles. The van der Waals surface area contributed by atoms with Crippen molar-refractivity contribution in [3.63, 3.8) is 0 Å². The Labute approximate surface area is 210 Å². The summed E-state index contributed by atoms with van der Waals surface area (Å²) < 4.78 is 33.9. The molecule has 196 valence electrons. The number of sulfone groups is 1. The summed E-state index contributed by atoms with van der Waals surface area (Å²) in [5.41, 5.74) is 0.667. The van der Waals surface area contributed by atoms with Crippen molar-refractivity contribution >= 4 is 50.9 Å². The molecule has 3 atom stereocenters. The minimum absolute atomic E-state index is 0.0467. The predicted molar refractivity (Wildman–Crippen MR) is 127 cm³/mol. The van der Waals surface area contributed by atoms with E-state index in [0.29, 0.717) is 22.7 Å². The molecule has 0 saturated heterocycles. The first kappa shape index (κ1) is 28.8. The topological polar surface area (TPSA) is 183 Å². The first-order valence-electron chi connectivity index (χ1n) is 10.7. The third kappa shape index (κ3) is 8.33. The third-order valence-corrected chi connectivity index (χ3v) is 9.78. The minimum atomic E-state index is -3.46. The van der Waals surface area contributed by atoms with E-state index in [0.717, 1.165) is 23.3 Å². The lowest BCUT2D eigenvalue weighted by Gasteiger charge is -2.27. The van der Waals surface area contributed by atoms with Gasteiger partial charge in [0.05, 0.1) is 16.1 Å². The number of esters is 1. The number of nitrogens with one attached hydrogen (secondary N) is 3. The van der Waals surface area contributed by atoms with Gasteiger partial charge in [-0.05, 0) is 49.9 Å². The van der Waals surface area contributed by atoms with E-state index in [1.807, 2.05) is 6.92 Å². The van der Waals surface area contributed by atoms with Crippen molar-refractivity contribution in [3.05, 3.63) is 21.7 Å². The molecule has 0 aromatic carbocycles. The van der Waals surface area contributed by atoms with Crippen molar-refractivity contribution in [1.29, 1.82) is 0 Å². The van der Waals surface area contributed by atoms with Gasteiger partial charge in [0.2, 0.25) is 5.91 Å². The van der Waals surface area contributed by atoms with Gasteiger partial charge in [0.15, 0.2) is 9.84 Å². The Hall–Kier alpha value is -2.43. The Kier molecular flexibility index (Phi) is 10.7. The van der Waals surface area contributed by atoms with E-state index in [1.165, 1.54) is 6.92 Å². The zero-order valence-corrected chi connectivity index (χ0v) is 21.8. The van der Waals surface area contributed by atoms with Gasteiger partial charge in [-0.3, -0.25) is 19.1 Å². The number of hydrogen-bond acceptors (Lipinski definition) is 12. The fraction of sp³-hybridized carbons (Fsp3) is 0.632. The summed E-state index contributed by atoms with van der Waals surface area (Å²) in [6, 6.07) is 0.422. The van der Waals surface area contributed by atoms with Crippen LogP contribution in [0.25, 0.3) is 0 Å². The highest BCUT2D eigenvalue weighted by Crippen LogP contribution is 2.43. The molecule has 35 heavy (non-hydrogen) atoms. The van der Waals surface area contributed by atoms with Crippen LogP contribution in [-0.4, -0.2) is 62.3 Å². The molecule has 1 aromatic heterocycles. The average Bonchev–Trinajstić information content (AvgIpc) is 3.22. The summed E-state index contributed by atoms with van der Waals surface area (Å²) in [4.78, 5) is 50.1. The van der Waals surface area contributed by atoms with Crippen LogP contribution in [0.1, 0.15) is 51.6 Å². The molecule has 13 nitrogen and oxygen atoms in total. The van der Waals surface area contributed by atoms with Crippen molar-refractivity contribution in [2.45, 2.75) is 65.8 Å². The second kappa shape index (κ2) is 13.0. The van der Waals surface area contributed by atoms with Crippen LogP contribution in [0.4, 0.5) is 0 Å². The Morgan fingerprint density at radius 1 is 1.37 bits per heavy atom. The zero-order valence-electron chi connectivity index (χ0n) is 19.4. The normalized spacial score (nSPS) is 19.2. The molecule has 2 heterocycles. The van der Waals surface area contributed by atoms with Gasteiger partial charge in [0.1, 0.15) is 16.9 Å². The molecule has 0 spiro atoms. The first-order valence-corrected chi connectivity index (χ1v) is 13.9. The van der Waals surface area contributed by atoms with Crippen LogP contribution in [0.3, 0.4) is 0 Å². The molecule has 2 amide bonds. The largest absolute Gasteiger partial charge is 0.463 e. The smallest absolute Gasteiger partial charge is 0.305 e. The molecule has 2 unspecified atom stereocenters. The highest BCUT2D eigenvalue weighted by Gasteiger charge is 2.38. The highest BCUT2D eigenvalue weighted by atomic mass is 32.2. The van der Waals surface area contributed by atoms with E-state index < -0.39 is 50.6 Å². The number of rotatable bonds is 13. The maximum absolute atomic E-state index is 12.8. The lowest BCUT2D eigenvalue weighted by molar-refractivity contribution is -0.757. The standard InChI is InChI=1S/C19H28N4O9S3/c1-4-20-14-8-11(2)35(29,30)19-13(14)9-17(33-19)34-22-18(26)15(21-12(3)24)10-31-16(25)6-5-7-32-23(27)28/h9,11,14-15,20H,4-8,10H2,1-3H3,(H,21,24)(H,22,26)/t11?,14-,15?/m0/s1. The van der Waals surface area contributed by atoms with Crippen molar-refractivity contribution < 1.29 is 37.5 Å². The first-order chi connectivity index (χ1) is 16.4. The zero-order chi connectivity index (χ0) is 26.2. The van der Waals surface area contributed by atoms with Gasteiger partial charge < -0.3 is 20.2 Å². The molecule has 0 saturated carbocycles. The monoisotopic (exact) mass is 552 g/mol. The van der Waals surface area contributed by atoms with E-state index >= 15 is 0 Å². The van der Waals surface area contributed by atoms with Gasteiger partial charge >= 0.3 is 5.97 Å². The quantitative estimate of drug-likeness (QED) is 0.105.